The lowest BCUT2D eigenvalue weighted by Gasteiger charge is -2.35. The van der Waals surface area contributed by atoms with Crippen molar-refractivity contribution < 1.29 is 9.59 Å². The molecule has 0 radical (unpaired) electrons. The molecule has 1 aliphatic heterocycles. The van der Waals surface area contributed by atoms with Gasteiger partial charge in [0.25, 0.3) is 0 Å². The monoisotopic (exact) mass is 349 g/mol. The molecule has 0 spiro atoms. The Labute approximate surface area is 147 Å². The van der Waals surface area contributed by atoms with Crippen LogP contribution in [0, 0.1) is 5.41 Å². The quantitative estimate of drug-likeness (QED) is 0.826. The highest BCUT2D eigenvalue weighted by molar-refractivity contribution is 6.31. The number of halogens is 1. The summed E-state index contributed by atoms with van der Waals surface area (Å²) in [4.78, 5) is 29.6. The predicted molar refractivity (Wildman–Crippen MR) is 93.7 cm³/mol. The fraction of sp³-hybridized carbons (Fsp3) is 0.556. The Kier molecular flexibility index (Phi) is 5.11. The van der Waals surface area contributed by atoms with Crippen LogP contribution in [0.2, 0.25) is 5.02 Å². The Morgan fingerprint density at radius 1 is 1.17 bits per heavy atom. The normalized spacial score (nSPS) is 19.8. The zero-order valence-corrected chi connectivity index (χ0v) is 14.8. The van der Waals surface area contributed by atoms with Gasteiger partial charge < -0.3 is 15.1 Å². The van der Waals surface area contributed by atoms with Gasteiger partial charge in [-0.3, -0.25) is 9.59 Å². The predicted octanol–water partition coefficient (Wildman–Crippen LogP) is 1.90. The van der Waals surface area contributed by atoms with Gasteiger partial charge in [-0.05, 0) is 31.0 Å². The topological polar surface area (TPSA) is 52.7 Å². The molecule has 1 saturated heterocycles. The molecule has 24 heavy (non-hydrogen) atoms. The van der Waals surface area contributed by atoms with Crippen LogP contribution in [0.15, 0.2) is 24.3 Å². The third-order valence-corrected chi connectivity index (χ3v) is 5.47. The molecule has 1 N–H and O–H groups in total. The second-order valence-electron chi connectivity index (χ2n) is 6.58. The molecule has 1 aliphatic carbocycles. The number of hydrogen-bond acceptors (Lipinski definition) is 3. The van der Waals surface area contributed by atoms with Crippen molar-refractivity contribution in [3.8, 4) is 0 Å². The van der Waals surface area contributed by atoms with Crippen LogP contribution >= 0.6 is 11.6 Å². The van der Waals surface area contributed by atoms with Crippen molar-refractivity contribution in [3.63, 3.8) is 0 Å². The van der Waals surface area contributed by atoms with E-state index in [1.165, 1.54) is 0 Å². The summed E-state index contributed by atoms with van der Waals surface area (Å²) in [6.07, 6.45) is 1.29. The van der Waals surface area contributed by atoms with E-state index >= 15 is 0 Å². The molecule has 0 atom stereocenters. The molecule has 3 rings (SSSR count). The van der Waals surface area contributed by atoms with Crippen molar-refractivity contribution in [2.45, 2.75) is 26.3 Å². The van der Waals surface area contributed by atoms with E-state index in [2.05, 4.69) is 17.1 Å². The molecular formula is C18H24ClN3O2. The molecule has 1 saturated carbocycles. The smallest absolute Gasteiger partial charge is 0.238 e. The van der Waals surface area contributed by atoms with Crippen molar-refractivity contribution in [3.05, 3.63) is 34.9 Å². The first-order chi connectivity index (χ1) is 11.6. The zero-order valence-electron chi connectivity index (χ0n) is 14.1. The van der Waals surface area contributed by atoms with Crippen LogP contribution in [0.5, 0.6) is 0 Å². The highest BCUT2D eigenvalue weighted by atomic mass is 35.5. The summed E-state index contributed by atoms with van der Waals surface area (Å²) in [5, 5.41) is 3.53. The number of nitrogens with zero attached hydrogens (tertiary/aromatic N) is 2. The summed E-state index contributed by atoms with van der Waals surface area (Å²) in [7, 11) is 0. The minimum Gasteiger partial charge on any atom is -0.351 e. The summed E-state index contributed by atoms with van der Waals surface area (Å²) >= 11 is 6.12. The van der Waals surface area contributed by atoms with E-state index in [-0.39, 0.29) is 11.8 Å². The third kappa shape index (κ3) is 3.42. The van der Waals surface area contributed by atoms with E-state index < -0.39 is 5.41 Å². The maximum atomic E-state index is 12.8. The second kappa shape index (κ2) is 7.11. The number of carbonyl (C=O) groups excluding carboxylic acids is 2. The van der Waals surface area contributed by atoms with Crippen LogP contribution in [0.25, 0.3) is 0 Å². The molecule has 2 fully saturated rings. The number of benzene rings is 1. The SMILES string of the molecule is CCN1CCN(C(=O)C2(C(=O)NCc3ccccc3Cl)CC2)CC1. The largest absolute Gasteiger partial charge is 0.351 e. The van der Waals surface area contributed by atoms with Gasteiger partial charge in [-0.25, -0.2) is 0 Å². The van der Waals surface area contributed by atoms with Gasteiger partial charge in [-0.1, -0.05) is 36.7 Å². The lowest BCUT2D eigenvalue weighted by atomic mass is 10.0. The number of piperazine rings is 1. The molecule has 1 aromatic rings. The van der Waals surface area contributed by atoms with Crippen molar-refractivity contribution in [1.29, 1.82) is 0 Å². The molecule has 0 aromatic heterocycles. The Bertz CT molecular complexity index is 622. The van der Waals surface area contributed by atoms with Gasteiger partial charge >= 0.3 is 0 Å². The number of amides is 2. The molecule has 2 aliphatic rings. The van der Waals surface area contributed by atoms with Gasteiger partial charge in [0, 0.05) is 37.7 Å². The van der Waals surface area contributed by atoms with Crippen LogP contribution in [0.3, 0.4) is 0 Å². The third-order valence-electron chi connectivity index (χ3n) is 5.10. The first-order valence-electron chi connectivity index (χ1n) is 8.60. The van der Waals surface area contributed by atoms with Crippen molar-refractivity contribution in [2.75, 3.05) is 32.7 Å². The first kappa shape index (κ1) is 17.2. The van der Waals surface area contributed by atoms with Crippen molar-refractivity contribution >= 4 is 23.4 Å². The average Bonchev–Trinajstić information content (AvgIpc) is 3.42. The molecule has 1 heterocycles. The van der Waals surface area contributed by atoms with Crippen LogP contribution < -0.4 is 5.32 Å². The zero-order chi connectivity index (χ0) is 17.2. The minimum atomic E-state index is -0.838. The van der Waals surface area contributed by atoms with Gasteiger partial charge in [0.05, 0.1) is 0 Å². The van der Waals surface area contributed by atoms with Crippen LogP contribution in [-0.4, -0.2) is 54.3 Å². The van der Waals surface area contributed by atoms with E-state index in [4.69, 9.17) is 11.6 Å². The van der Waals surface area contributed by atoms with Gasteiger partial charge in [-0.15, -0.1) is 0 Å². The molecule has 0 bridgehead atoms. The number of rotatable bonds is 5. The molecule has 6 heteroatoms. The number of hydrogen-bond donors (Lipinski definition) is 1. The fourth-order valence-corrected chi connectivity index (χ4v) is 3.42. The van der Waals surface area contributed by atoms with Gasteiger partial charge in [0.1, 0.15) is 5.41 Å². The van der Waals surface area contributed by atoms with E-state index in [9.17, 15) is 9.59 Å². The summed E-state index contributed by atoms with van der Waals surface area (Å²) in [5.74, 6) is -0.166. The lowest BCUT2D eigenvalue weighted by Crippen LogP contribution is -2.53. The van der Waals surface area contributed by atoms with Crippen LogP contribution in [0.4, 0.5) is 0 Å². The molecule has 0 unspecified atom stereocenters. The lowest BCUT2D eigenvalue weighted by molar-refractivity contribution is -0.145. The Morgan fingerprint density at radius 2 is 1.83 bits per heavy atom. The summed E-state index contributed by atoms with van der Waals surface area (Å²) < 4.78 is 0. The van der Waals surface area contributed by atoms with E-state index in [0.717, 1.165) is 25.2 Å². The van der Waals surface area contributed by atoms with Crippen LogP contribution in [-0.2, 0) is 16.1 Å². The van der Waals surface area contributed by atoms with E-state index in [1.54, 1.807) is 6.07 Å². The Morgan fingerprint density at radius 3 is 2.42 bits per heavy atom. The van der Waals surface area contributed by atoms with Crippen molar-refractivity contribution in [1.82, 2.24) is 15.1 Å². The summed E-state index contributed by atoms with van der Waals surface area (Å²) in [5.41, 5.74) is 0.0302. The summed E-state index contributed by atoms with van der Waals surface area (Å²) in [6.45, 7) is 6.70. The highest BCUT2D eigenvalue weighted by Gasteiger charge is 2.58. The van der Waals surface area contributed by atoms with Crippen molar-refractivity contribution in [2.24, 2.45) is 5.41 Å². The van der Waals surface area contributed by atoms with E-state index in [1.807, 2.05) is 23.1 Å². The first-order valence-corrected chi connectivity index (χ1v) is 8.98. The highest BCUT2D eigenvalue weighted by Crippen LogP contribution is 2.47. The molecule has 2 amide bonds. The molecule has 130 valence electrons. The maximum absolute atomic E-state index is 12.8. The Balaban J connectivity index is 1.58. The van der Waals surface area contributed by atoms with Gasteiger partial charge in [-0.2, -0.15) is 0 Å². The fourth-order valence-electron chi connectivity index (χ4n) is 3.22. The minimum absolute atomic E-state index is 0.00471. The van der Waals surface area contributed by atoms with E-state index in [0.29, 0.717) is 37.5 Å². The number of carbonyl (C=O) groups is 2. The second-order valence-corrected chi connectivity index (χ2v) is 6.99. The van der Waals surface area contributed by atoms with Gasteiger partial charge in [0.15, 0.2) is 0 Å². The average molecular weight is 350 g/mol. The molecule has 1 aromatic carbocycles. The standard InChI is InChI=1S/C18H24ClN3O2/c1-2-21-9-11-22(12-10-21)17(24)18(7-8-18)16(23)20-13-14-5-3-4-6-15(14)19/h3-6H,2,7-13H2,1H3,(H,20,23). The molecule has 5 nitrogen and oxygen atoms in total. The Hall–Kier alpha value is -1.59. The number of likely N-dealkylation sites (N-methyl/N-ethyl adjacent to an activating group) is 1. The van der Waals surface area contributed by atoms with Crippen LogP contribution in [0.1, 0.15) is 25.3 Å². The molecular weight excluding hydrogens is 326 g/mol. The van der Waals surface area contributed by atoms with Gasteiger partial charge in [0.2, 0.25) is 11.8 Å². The maximum Gasteiger partial charge on any atom is 0.238 e. The summed E-state index contributed by atoms with van der Waals surface area (Å²) in [6, 6.07) is 7.43. The number of nitrogens with one attached hydrogen (secondary N) is 1.